The van der Waals surface area contributed by atoms with Gasteiger partial charge in [0.25, 0.3) is 0 Å². The van der Waals surface area contributed by atoms with Crippen molar-refractivity contribution in [2.45, 2.75) is 19.8 Å². The molecule has 0 bridgehead atoms. The maximum absolute atomic E-state index is 5.56. The molecule has 5 rings (SSSR count). The van der Waals surface area contributed by atoms with Gasteiger partial charge in [-0.2, -0.15) is 0 Å². The van der Waals surface area contributed by atoms with Gasteiger partial charge in [-0.1, -0.05) is 31.2 Å². The monoisotopic (exact) mass is 421 g/mol. The van der Waals surface area contributed by atoms with Gasteiger partial charge in [0.2, 0.25) is 0 Å². The minimum atomic E-state index is 0.614. The number of ether oxygens (including phenoxy) is 1. The lowest BCUT2D eigenvalue weighted by Crippen LogP contribution is -2.36. The van der Waals surface area contributed by atoms with Crippen molar-refractivity contribution in [3.05, 3.63) is 59.2 Å². The van der Waals surface area contributed by atoms with Crippen molar-refractivity contribution >= 4 is 34.1 Å². The molecule has 0 radical (unpaired) electrons. The first-order valence-corrected chi connectivity index (χ1v) is 11.9. The third-order valence-electron chi connectivity index (χ3n) is 6.33. The van der Waals surface area contributed by atoms with Crippen LogP contribution in [0.5, 0.6) is 0 Å². The number of rotatable bonds is 4. The molecule has 30 heavy (non-hydrogen) atoms. The Hall–Kier alpha value is -1.95. The Kier molecular flexibility index (Phi) is 5.77. The highest BCUT2D eigenvalue weighted by Crippen LogP contribution is 2.38. The van der Waals surface area contributed by atoms with E-state index < -0.39 is 0 Å². The molecule has 2 aromatic rings. The van der Waals surface area contributed by atoms with Crippen LogP contribution in [-0.4, -0.2) is 55.3 Å². The van der Waals surface area contributed by atoms with E-state index in [1.54, 1.807) is 0 Å². The maximum atomic E-state index is 5.56. The van der Waals surface area contributed by atoms with Crippen molar-refractivity contribution in [2.75, 3.05) is 51.3 Å². The number of morpholine rings is 1. The highest BCUT2D eigenvalue weighted by atomic mass is 32.2. The fourth-order valence-electron chi connectivity index (χ4n) is 4.53. The van der Waals surface area contributed by atoms with Crippen LogP contribution in [0.2, 0.25) is 0 Å². The first-order valence-electron chi connectivity index (χ1n) is 11.1. The summed E-state index contributed by atoms with van der Waals surface area (Å²) in [6.45, 7) is 8.03. The normalized spacial score (nSPS) is 23.0. The third-order valence-corrected chi connectivity index (χ3v) is 7.31. The van der Waals surface area contributed by atoms with Crippen LogP contribution < -0.4 is 4.90 Å². The van der Waals surface area contributed by atoms with E-state index in [9.17, 15) is 0 Å². The largest absolute Gasteiger partial charge is 0.378 e. The molecule has 1 aliphatic carbocycles. The highest BCUT2D eigenvalue weighted by Gasteiger charge is 2.19. The molecule has 4 nitrogen and oxygen atoms in total. The summed E-state index contributed by atoms with van der Waals surface area (Å²) in [5.41, 5.74) is 5.50. The van der Waals surface area contributed by atoms with Crippen LogP contribution in [0.3, 0.4) is 0 Å². The fraction of sp³-hybridized carbons (Fsp3) is 0.440. The molecule has 0 saturated carbocycles. The van der Waals surface area contributed by atoms with Gasteiger partial charge in [0.05, 0.1) is 18.7 Å². The van der Waals surface area contributed by atoms with Crippen LogP contribution in [-0.2, 0) is 4.74 Å². The maximum Gasteiger partial charge on any atom is 0.0642 e. The predicted octanol–water partition coefficient (Wildman–Crippen LogP) is 5.17. The summed E-state index contributed by atoms with van der Waals surface area (Å²) in [6.07, 6.45) is 14.0. The number of hydrogen-bond acceptors (Lipinski definition) is 4. The highest BCUT2D eigenvalue weighted by molar-refractivity contribution is 8.02. The van der Waals surface area contributed by atoms with E-state index in [1.165, 1.54) is 32.6 Å². The smallest absolute Gasteiger partial charge is 0.0642 e. The van der Waals surface area contributed by atoms with E-state index in [0.717, 1.165) is 52.2 Å². The first-order chi connectivity index (χ1) is 14.7. The zero-order chi connectivity index (χ0) is 20.5. The van der Waals surface area contributed by atoms with Crippen LogP contribution in [0, 0.1) is 5.92 Å². The van der Waals surface area contributed by atoms with Crippen molar-refractivity contribution in [1.29, 1.82) is 0 Å². The van der Waals surface area contributed by atoms with Crippen molar-refractivity contribution in [2.24, 2.45) is 5.92 Å². The average Bonchev–Trinajstić information content (AvgIpc) is 3.12. The molecule has 1 unspecified atom stereocenters. The second-order valence-electron chi connectivity index (χ2n) is 8.69. The lowest BCUT2D eigenvalue weighted by atomic mass is 9.99. The number of aromatic nitrogens is 1. The zero-order valence-corrected chi connectivity index (χ0v) is 18.8. The molecule has 158 valence electrons. The van der Waals surface area contributed by atoms with E-state index in [2.05, 4.69) is 76.4 Å². The van der Waals surface area contributed by atoms with Gasteiger partial charge in [-0.15, -0.1) is 0 Å². The second-order valence-corrected chi connectivity index (χ2v) is 9.73. The van der Waals surface area contributed by atoms with Crippen LogP contribution in [0.1, 0.15) is 25.3 Å². The van der Waals surface area contributed by atoms with Gasteiger partial charge >= 0.3 is 0 Å². The summed E-state index contributed by atoms with van der Waals surface area (Å²) in [6, 6.07) is 6.99. The van der Waals surface area contributed by atoms with Gasteiger partial charge in [-0.25, -0.2) is 0 Å². The van der Waals surface area contributed by atoms with E-state index in [-0.39, 0.29) is 0 Å². The Bertz CT molecular complexity index is 1010. The minimum absolute atomic E-state index is 0.614. The molecule has 1 aromatic carbocycles. The Labute approximate surface area is 184 Å². The molecule has 1 saturated heterocycles. The SMILES string of the molecule is CC1C=C(Sn2cc(C3=CCN(C)CC3)c3cc(N4CCOCC4)ccc32)C=CC1. The zero-order valence-electron chi connectivity index (χ0n) is 18.0. The molecule has 3 aliphatic rings. The molecule has 1 atom stereocenters. The van der Waals surface area contributed by atoms with Gasteiger partial charge in [-0.3, -0.25) is 3.97 Å². The molecule has 0 amide bonds. The topological polar surface area (TPSA) is 20.6 Å². The summed E-state index contributed by atoms with van der Waals surface area (Å²) < 4.78 is 7.94. The molecular weight excluding hydrogens is 390 g/mol. The first kappa shape index (κ1) is 20.0. The Morgan fingerprint density at radius 3 is 2.77 bits per heavy atom. The van der Waals surface area contributed by atoms with E-state index >= 15 is 0 Å². The molecule has 0 N–H and O–H groups in total. The molecular formula is C25H31N3OS. The molecule has 3 heterocycles. The molecule has 2 aliphatic heterocycles. The summed E-state index contributed by atoms with van der Waals surface area (Å²) in [5, 5.41) is 1.37. The standard InChI is InChI=1S/C25H31N3OS/c1-19-4-3-5-22(16-19)30-28-18-24(20-8-10-26(2)11-9-20)23-17-21(6-7-25(23)28)27-12-14-29-15-13-27/h3,5-8,16-19H,4,9-15H2,1-2H3. The minimum Gasteiger partial charge on any atom is -0.378 e. The van der Waals surface area contributed by atoms with Crippen molar-refractivity contribution in [3.63, 3.8) is 0 Å². The van der Waals surface area contributed by atoms with Crippen LogP contribution in [0.25, 0.3) is 16.5 Å². The Morgan fingerprint density at radius 2 is 2.00 bits per heavy atom. The number of nitrogens with zero attached hydrogens (tertiary/aromatic N) is 3. The van der Waals surface area contributed by atoms with Crippen molar-refractivity contribution in [3.8, 4) is 0 Å². The van der Waals surface area contributed by atoms with Gasteiger partial charge in [-0.05, 0) is 61.5 Å². The molecule has 0 spiro atoms. The van der Waals surface area contributed by atoms with E-state index in [1.807, 2.05) is 11.9 Å². The number of hydrogen-bond donors (Lipinski definition) is 0. The number of anilines is 1. The molecule has 5 heteroatoms. The van der Waals surface area contributed by atoms with Crippen LogP contribution >= 0.6 is 11.9 Å². The van der Waals surface area contributed by atoms with Gasteiger partial charge in [0, 0.05) is 53.9 Å². The molecule has 1 aromatic heterocycles. The van der Waals surface area contributed by atoms with Crippen LogP contribution in [0.15, 0.2) is 53.6 Å². The Balaban J connectivity index is 1.56. The number of benzene rings is 1. The summed E-state index contributed by atoms with van der Waals surface area (Å²) in [7, 11) is 2.20. The van der Waals surface area contributed by atoms with Crippen molar-refractivity contribution < 1.29 is 4.74 Å². The quantitative estimate of drug-likeness (QED) is 0.678. The van der Waals surface area contributed by atoms with Crippen molar-refractivity contribution in [1.82, 2.24) is 8.87 Å². The summed E-state index contributed by atoms with van der Waals surface area (Å²) in [5.74, 6) is 0.614. The average molecular weight is 422 g/mol. The number of fused-ring (bicyclic) bond motifs is 1. The lowest BCUT2D eigenvalue weighted by molar-refractivity contribution is 0.122. The van der Waals surface area contributed by atoms with E-state index in [4.69, 9.17) is 4.74 Å². The van der Waals surface area contributed by atoms with E-state index in [0.29, 0.717) is 5.92 Å². The van der Waals surface area contributed by atoms with Crippen LogP contribution in [0.4, 0.5) is 5.69 Å². The fourth-order valence-corrected chi connectivity index (χ4v) is 5.62. The Morgan fingerprint density at radius 1 is 1.13 bits per heavy atom. The number of allylic oxidation sites excluding steroid dienone is 3. The van der Waals surface area contributed by atoms with Gasteiger partial charge in [0.1, 0.15) is 0 Å². The third kappa shape index (κ3) is 4.11. The summed E-state index contributed by atoms with van der Waals surface area (Å²) in [4.78, 5) is 6.18. The molecule has 1 fully saturated rings. The lowest BCUT2D eigenvalue weighted by Gasteiger charge is -2.29. The summed E-state index contributed by atoms with van der Waals surface area (Å²) >= 11 is 1.84. The van der Waals surface area contributed by atoms with Gasteiger partial charge in [0.15, 0.2) is 0 Å². The second kappa shape index (κ2) is 8.66. The van der Waals surface area contributed by atoms with Gasteiger partial charge < -0.3 is 14.5 Å². The predicted molar refractivity (Wildman–Crippen MR) is 129 cm³/mol. The number of likely N-dealkylation sites (N-methyl/N-ethyl adjacent to an activating group) is 1.